The molecule has 0 aliphatic heterocycles. The van der Waals surface area contributed by atoms with Crippen LogP contribution < -0.4 is 24.4 Å². The number of halogens is 2. The third-order valence-electron chi connectivity index (χ3n) is 4.82. The Kier molecular flexibility index (Phi) is 10.0. The molecule has 0 unspecified atom stereocenters. The van der Waals surface area contributed by atoms with Gasteiger partial charge in [-0.1, -0.05) is 54.1 Å². The van der Waals surface area contributed by atoms with Crippen molar-refractivity contribution in [1.29, 1.82) is 0 Å². The molecule has 7 nitrogen and oxygen atoms in total. The van der Waals surface area contributed by atoms with Gasteiger partial charge in [-0.2, -0.15) is 5.10 Å². The smallest absolute Gasteiger partial charge is 0.271 e. The van der Waals surface area contributed by atoms with Crippen LogP contribution in [0.1, 0.15) is 28.4 Å². The Morgan fingerprint density at radius 3 is 2.53 bits per heavy atom. The van der Waals surface area contributed by atoms with Crippen LogP contribution in [0.3, 0.4) is 0 Å². The van der Waals surface area contributed by atoms with Crippen molar-refractivity contribution in [2.24, 2.45) is 5.10 Å². The van der Waals surface area contributed by atoms with Crippen LogP contribution in [0.2, 0.25) is 10.0 Å². The Morgan fingerprint density at radius 2 is 1.81 bits per heavy atom. The first-order chi connectivity index (χ1) is 17.5. The van der Waals surface area contributed by atoms with Gasteiger partial charge in [-0.25, -0.2) is 5.43 Å². The molecule has 0 saturated heterocycles. The molecule has 1 amide bonds. The second kappa shape index (κ2) is 13.4. The summed E-state index contributed by atoms with van der Waals surface area (Å²) in [6, 6.07) is 15.6. The Balaban J connectivity index is 1.69. The normalized spacial score (nSPS) is 10.7. The zero-order valence-electron chi connectivity index (χ0n) is 19.9. The summed E-state index contributed by atoms with van der Waals surface area (Å²) >= 11 is 12.6. The Bertz CT molecular complexity index is 1250. The van der Waals surface area contributed by atoms with E-state index in [1.807, 2.05) is 25.1 Å². The molecule has 0 aliphatic carbocycles. The molecular formula is C27H26Cl2N2O5. The Morgan fingerprint density at radius 1 is 1.00 bits per heavy atom. The van der Waals surface area contributed by atoms with Gasteiger partial charge in [0.05, 0.1) is 25.0 Å². The fourth-order valence-electron chi connectivity index (χ4n) is 3.14. The third-order valence-corrected chi connectivity index (χ3v) is 5.47. The lowest BCUT2D eigenvalue weighted by Gasteiger charge is -2.14. The number of carbonyl (C=O) groups excluding carboxylic acids is 1. The number of nitrogens with zero attached hydrogens (tertiary/aromatic N) is 1. The van der Waals surface area contributed by atoms with Crippen LogP contribution >= 0.6 is 23.2 Å². The highest BCUT2D eigenvalue weighted by Crippen LogP contribution is 2.37. The molecular weight excluding hydrogens is 503 g/mol. The molecule has 9 heteroatoms. The number of benzene rings is 3. The van der Waals surface area contributed by atoms with E-state index in [1.165, 1.54) is 13.3 Å². The van der Waals surface area contributed by atoms with E-state index in [4.69, 9.17) is 42.1 Å². The van der Waals surface area contributed by atoms with Crippen molar-refractivity contribution in [3.05, 3.63) is 94.0 Å². The molecule has 3 rings (SSSR count). The van der Waals surface area contributed by atoms with Gasteiger partial charge >= 0.3 is 0 Å². The molecule has 0 fully saturated rings. The molecule has 0 spiro atoms. The van der Waals surface area contributed by atoms with Crippen LogP contribution in [0.25, 0.3) is 0 Å². The van der Waals surface area contributed by atoms with Crippen LogP contribution in [0.5, 0.6) is 23.0 Å². The minimum atomic E-state index is -0.416. The second-order valence-corrected chi connectivity index (χ2v) is 8.12. The fraction of sp³-hybridized carbons (Fsp3) is 0.185. The average molecular weight is 529 g/mol. The Hall–Kier alpha value is -3.68. The van der Waals surface area contributed by atoms with Crippen LogP contribution in [-0.2, 0) is 6.61 Å². The van der Waals surface area contributed by atoms with Gasteiger partial charge in [0.15, 0.2) is 23.0 Å². The van der Waals surface area contributed by atoms with Crippen LogP contribution in [0.15, 0.2) is 72.4 Å². The van der Waals surface area contributed by atoms with Crippen molar-refractivity contribution in [2.75, 3.05) is 20.3 Å². The van der Waals surface area contributed by atoms with Crippen molar-refractivity contribution < 1.29 is 23.7 Å². The lowest BCUT2D eigenvalue weighted by molar-refractivity contribution is 0.0954. The summed E-state index contributed by atoms with van der Waals surface area (Å²) in [4.78, 5) is 12.6. The molecule has 0 bridgehead atoms. The van der Waals surface area contributed by atoms with Gasteiger partial charge in [0.2, 0.25) is 0 Å². The SMILES string of the molecule is C=CCOc1ccc(C(=O)N/N=C/c2cc(Cl)c(OCc3ccccc3Cl)c(OC)c2)cc1OCC. The van der Waals surface area contributed by atoms with Gasteiger partial charge in [0.25, 0.3) is 5.91 Å². The highest BCUT2D eigenvalue weighted by molar-refractivity contribution is 6.32. The molecule has 0 aromatic heterocycles. The molecule has 188 valence electrons. The molecule has 3 aromatic rings. The number of nitrogens with one attached hydrogen (secondary N) is 1. The number of amides is 1. The molecule has 0 radical (unpaired) electrons. The number of rotatable bonds is 12. The van der Waals surface area contributed by atoms with E-state index in [0.717, 1.165) is 5.56 Å². The first-order valence-electron chi connectivity index (χ1n) is 11.0. The largest absolute Gasteiger partial charge is 0.493 e. The van der Waals surface area contributed by atoms with E-state index in [0.29, 0.717) is 57.4 Å². The molecule has 36 heavy (non-hydrogen) atoms. The maximum atomic E-state index is 12.6. The average Bonchev–Trinajstić information content (AvgIpc) is 2.88. The van der Waals surface area contributed by atoms with Crippen LogP contribution in [0, 0.1) is 0 Å². The molecule has 1 N–H and O–H groups in total. The lowest BCUT2D eigenvalue weighted by atomic mass is 10.2. The van der Waals surface area contributed by atoms with Gasteiger partial charge in [0.1, 0.15) is 13.2 Å². The highest BCUT2D eigenvalue weighted by atomic mass is 35.5. The van der Waals surface area contributed by atoms with E-state index in [2.05, 4.69) is 17.1 Å². The minimum Gasteiger partial charge on any atom is -0.493 e. The first kappa shape index (κ1) is 26.9. The summed E-state index contributed by atoms with van der Waals surface area (Å²) in [5.74, 6) is 1.36. The van der Waals surface area contributed by atoms with Crippen LogP contribution in [0.4, 0.5) is 0 Å². The van der Waals surface area contributed by atoms with Gasteiger partial charge in [-0.05, 0) is 48.9 Å². The summed E-state index contributed by atoms with van der Waals surface area (Å²) in [7, 11) is 1.51. The summed E-state index contributed by atoms with van der Waals surface area (Å²) in [6.07, 6.45) is 3.08. The van der Waals surface area contributed by atoms with Crippen molar-refractivity contribution in [3.63, 3.8) is 0 Å². The second-order valence-electron chi connectivity index (χ2n) is 7.31. The number of hydrogen-bond acceptors (Lipinski definition) is 6. The van der Waals surface area contributed by atoms with Crippen LogP contribution in [-0.4, -0.2) is 32.4 Å². The maximum absolute atomic E-state index is 12.6. The minimum absolute atomic E-state index is 0.223. The monoisotopic (exact) mass is 528 g/mol. The summed E-state index contributed by atoms with van der Waals surface area (Å²) < 4.78 is 22.4. The van der Waals surface area contributed by atoms with Gasteiger partial charge in [0, 0.05) is 16.1 Å². The maximum Gasteiger partial charge on any atom is 0.271 e. The summed E-state index contributed by atoms with van der Waals surface area (Å²) in [5.41, 5.74) is 4.27. The van der Waals surface area contributed by atoms with E-state index in [-0.39, 0.29) is 6.61 Å². The van der Waals surface area contributed by atoms with Gasteiger partial charge in [-0.3, -0.25) is 4.79 Å². The number of methoxy groups -OCH3 is 1. The number of ether oxygens (including phenoxy) is 4. The standard InChI is InChI=1S/C27H26Cl2N2O5/c1-4-12-35-23-11-10-19(15-24(23)34-5-2)27(32)31-30-16-18-13-22(29)26(25(14-18)33-3)36-17-20-8-6-7-9-21(20)28/h4,6-11,13-16H,1,5,12,17H2,2-3H3,(H,31,32)/b30-16+. The molecule has 0 aliphatic rings. The molecule has 0 atom stereocenters. The van der Waals surface area contributed by atoms with Gasteiger partial charge in [-0.15, -0.1) is 0 Å². The highest BCUT2D eigenvalue weighted by Gasteiger charge is 2.14. The fourth-order valence-corrected chi connectivity index (χ4v) is 3.60. The first-order valence-corrected chi connectivity index (χ1v) is 11.8. The number of hydrogen-bond donors (Lipinski definition) is 1. The van der Waals surface area contributed by atoms with Crippen molar-refractivity contribution in [3.8, 4) is 23.0 Å². The van der Waals surface area contributed by atoms with Crippen molar-refractivity contribution in [1.82, 2.24) is 5.43 Å². The van der Waals surface area contributed by atoms with Crippen molar-refractivity contribution in [2.45, 2.75) is 13.5 Å². The zero-order chi connectivity index (χ0) is 25.9. The van der Waals surface area contributed by atoms with Crippen molar-refractivity contribution >= 4 is 35.3 Å². The predicted octanol–water partition coefficient (Wildman–Crippen LogP) is 6.31. The van der Waals surface area contributed by atoms with E-state index in [9.17, 15) is 4.79 Å². The van der Waals surface area contributed by atoms with Gasteiger partial charge < -0.3 is 18.9 Å². The lowest BCUT2D eigenvalue weighted by Crippen LogP contribution is -2.17. The summed E-state index contributed by atoms with van der Waals surface area (Å²) in [5, 5.41) is 4.96. The summed E-state index contributed by atoms with van der Waals surface area (Å²) in [6.45, 7) is 6.45. The quantitative estimate of drug-likeness (QED) is 0.169. The van der Waals surface area contributed by atoms with E-state index in [1.54, 1.807) is 42.5 Å². The Labute approximate surface area is 220 Å². The van der Waals surface area contributed by atoms with E-state index >= 15 is 0 Å². The molecule has 3 aromatic carbocycles. The third kappa shape index (κ3) is 7.16. The van der Waals surface area contributed by atoms with E-state index < -0.39 is 5.91 Å². The zero-order valence-corrected chi connectivity index (χ0v) is 21.4. The molecule has 0 saturated carbocycles. The topological polar surface area (TPSA) is 78.4 Å². The molecule has 0 heterocycles. The number of hydrazone groups is 1. The number of carbonyl (C=O) groups is 1. The predicted molar refractivity (Wildman–Crippen MR) is 142 cm³/mol.